The molecule has 9 heavy (non-hydrogen) atoms. The fraction of sp³-hybridized carbons (Fsp3) is 0. The van der Waals surface area contributed by atoms with Crippen LogP contribution in [0.15, 0.2) is 10.9 Å². The molecule has 0 saturated heterocycles. The van der Waals surface area contributed by atoms with Gasteiger partial charge in [0, 0.05) is 0 Å². The van der Waals surface area contributed by atoms with E-state index in [9.17, 15) is 4.79 Å². The summed E-state index contributed by atoms with van der Waals surface area (Å²) < 4.78 is 0. The fourth-order valence-electron chi connectivity index (χ4n) is 0.463. The highest BCUT2D eigenvalue weighted by Gasteiger charge is 1.91. The first kappa shape index (κ1) is 5.61. The fourth-order valence-corrected chi connectivity index (χ4v) is 0.463. The van der Waals surface area contributed by atoms with Crippen LogP contribution in [0.1, 0.15) is 0 Å². The van der Waals surface area contributed by atoms with E-state index in [4.69, 9.17) is 10.8 Å². The van der Waals surface area contributed by atoms with E-state index in [-0.39, 0.29) is 11.8 Å². The van der Waals surface area contributed by atoms with Crippen LogP contribution in [0.5, 0.6) is 5.88 Å². The van der Waals surface area contributed by atoms with E-state index < -0.39 is 5.56 Å². The molecule has 1 aromatic rings. The maximum absolute atomic E-state index is 10.4. The highest BCUT2D eigenvalue weighted by Crippen LogP contribution is 1.96. The summed E-state index contributed by atoms with van der Waals surface area (Å²) in [7, 11) is 0. The SMILES string of the molecule is Nc1nc(O)[14cH]c(=O)[nH]1. The number of nitrogen functional groups attached to an aromatic ring is 1. The van der Waals surface area contributed by atoms with Gasteiger partial charge in [0.15, 0.2) is 0 Å². The Morgan fingerprint density at radius 3 is 2.89 bits per heavy atom. The standard InChI is InChI=1S/C4H5N3O2/c5-4-6-2(8)1-3(9)7-4/h1H,(H4,5,6,7,8,9)/i1+2. The zero-order valence-corrected chi connectivity index (χ0v) is 4.46. The lowest BCUT2D eigenvalue weighted by atomic mass is 10.9. The molecule has 0 aliphatic rings. The monoisotopic (exact) mass is 129 g/mol. The molecule has 1 aromatic heterocycles. The minimum atomic E-state index is -0.458. The summed E-state index contributed by atoms with van der Waals surface area (Å²) in [5, 5.41) is 8.58. The lowest BCUT2D eigenvalue weighted by Crippen LogP contribution is -2.08. The Balaban J connectivity index is 3.33. The van der Waals surface area contributed by atoms with Crippen molar-refractivity contribution in [3.63, 3.8) is 0 Å². The molecule has 0 spiro atoms. The molecular formula is C4H5N3O2. The highest BCUT2D eigenvalue weighted by atomic mass is 16.3. The molecule has 5 nitrogen and oxygen atoms in total. The lowest BCUT2D eigenvalue weighted by molar-refractivity contribution is 0.452. The number of aromatic amines is 1. The van der Waals surface area contributed by atoms with Gasteiger partial charge in [-0.15, -0.1) is 0 Å². The van der Waals surface area contributed by atoms with Crippen LogP contribution in [0.3, 0.4) is 0 Å². The molecule has 5 heteroatoms. The largest absolute Gasteiger partial charge is 0.493 e. The molecule has 0 unspecified atom stereocenters. The third kappa shape index (κ3) is 1.18. The van der Waals surface area contributed by atoms with Gasteiger partial charge >= 0.3 is 0 Å². The third-order valence-electron chi connectivity index (χ3n) is 0.746. The van der Waals surface area contributed by atoms with Crippen LogP contribution < -0.4 is 11.3 Å². The van der Waals surface area contributed by atoms with Crippen LogP contribution in [-0.2, 0) is 0 Å². The van der Waals surface area contributed by atoms with Crippen molar-refractivity contribution in [3.05, 3.63) is 16.4 Å². The van der Waals surface area contributed by atoms with E-state index in [2.05, 4.69) is 9.97 Å². The van der Waals surface area contributed by atoms with Crippen molar-refractivity contribution in [2.45, 2.75) is 0 Å². The zero-order chi connectivity index (χ0) is 6.85. The molecule has 0 fully saturated rings. The quantitative estimate of drug-likeness (QED) is 0.421. The number of rotatable bonds is 0. The molecule has 1 heterocycles. The molecular weight excluding hydrogens is 124 g/mol. The van der Waals surface area contributed by atoms with Gasteiger partial charge in [-0.1, -0.05) is 0 Å². The van der Waals surface area contributed by atoms with Crippen molar-refractivity contribution in [2.75, 3.05) is 5.73 Å². The maximum atomic E-state index is 10.4. The summed E-state index contributed by atoms with van der Waals surface area (Å²) in [6, 6.07) is 0.941. The molecule has 0 amide bonds. The average molecular weight is 129 g/mol. The van der Waals surface area contributed by atoms with Crippen molar-refractivity contribution < 1.29 is 5.11 Å². The minimum Gasteiger partial charge on any atom is -0.493 e. The second kappa shape index (κ2) is 1.77. The smallest absolute Gasteiger partial charge is 0.256 e. The average Bonchev–Trinajstić information content (AvgIpc) is 1.59. The first-order valence-electron chi connectivity index (χ1n) is 2.24. The minimum absolute atomic E-state index is 0.0833. The summed E-state index contributed by atoms with van der Waals surface area (Å²) in [5.41, 5.74) is 4.57. The second-order valence-corrected chi connectivity index (χ2v) is 1.49. The van der Waals surface area contributed by atoms with E-state index >= 15 is 0 Å². The predicted octanol–water partition coefficient (Wildman–Crippen LogP) is -0.942. The van der Waals surface area contributed by atoms with Crippen LogP contribution in [0.4, 0.5) is 5.95 Å². The van der Waals surface area contributed by atoms with Crippen LogP contribution in [0.2, 0.25) is 0 Å². The molecule has 0 radical (unpaired) electrons. The number of nitrogens with zero attached hydrogens (tertiary/aromatic N) is 1. The Bertz CT molecular complexity index is 244. The van der Waals surface area contributed by atoms with Gasteiger partial charge in [-0.25, -0.2) is 0 Å². The van der Waals surface area contributed by atoms with Crippen LogP contribution in [0.25, 0.3) is 0 Å². The van der Waals surface area contributed by atoms with Gasteiger partial charge in [0.1, 0.15) is 0 Å². The van der Waals surface area contributed by atoms with Gasteiger partial charge in [0.25, 0.3) is 5.56 Å². The Morgan fingerprint density at radius 1 is 1.78 bits per heavy atom. The first-order valence-corrected chi connectivity index (χ1v) is 2.24. The number of H-pyrrole nitrogens is 1. The summed E-state index contributed by atoms with van der Waals surface area (Å²) in [6.45, 7) is 0. The van der Waals surface area contributed by atoms with Gasteiger partial charge < -0.3 is 10.8 Å². The van der Waals surface area contributed by atoms with Gasteiger partial charge in [-0.05, 0) is 0 Å². The molecule has 0 saturated carbocycles. The number of aromatic nitrogens is 2. The van der Waals surface area contributed by atoms with Crippen molar-refractivity contribution in [2.24, 2.45) is 0 Å². The van der Waals surface area contributed by atoms with Crippen molar-refractivity contribution in [1.82, 2.24) is 9.97 Å². The first-order chi connectivity index (χ1) is 4.18. The molecule has 48 valence electrons. The molecule has 0 aliphatic heterocycles. The van der Waals surface area contributed by atoms with E-state index in [0.29, 0.717) is 0 Å². The second-order valence-electron chi connectivity index (χ2n) is 1.49. The van der Waals surface area contributed by atoms with E-state index in [1.54, 1.807) is 0 Å². The van der Waals surface area contributed by atoms with Crippen molar-refractivity contribution in [1.29, 1.82) is 0 Å². The van der Waals surface area contributed by atoms with Gasteiger partial charge in [-0.2, -0.15) is 4.98 Å². The number of nitrogens with one attached hydrogen (secondary N) is 1. The topological polar surface area (TPSA) is 92.0 Å². The van der Waals surface area contributed by atoms with Gasteiger partial charge in [-0.3, -0.25) is 9.78 Å². The molecule has 1 rings (SSSR count). The maximum Gasteiger partial charge on any atom is 0.256 e. The van der Waals surface area contributed by atoms with Crippen LogP contribution in [-0.4, -0.2) is 15.1 Å². The number of hydrogen-bond acceptors (Lipinski definition) is 4. The van der Waals surface area contributed by atoms with Crippen LogP contribution in [0, 0.1) is 0 Å². The third-order valence-corrected chi connectivity index (χ3v) is 0.746. The summed E-state index contributed by atoms with van der Waals surface area (Å²) in [5.74, 6) is -0.448. The Kier molecular flexibility index (Phi) is 1.11. The predicted molar refractivity (Wildman–Crippen MR) is 30.9 cm³/mol. The van der Waals surface area contributed by atoms with Crippen LogP contribution >= 0.6 is 0 Å². The Labute approximate surface area is 50.2 Å². The van der Waals surface area contributed by atoms with E-state index in [1.807, 2.05) is 0 Å². The highest BCUT2D eigenvalue weighted by molar-refractivity contribution is 5.19. The van der Waals surface area contributed by atoms with Gasteiger partial charge in [0.2, 0.25) is 11.8 Å². The van der Waals surface area contributed by atoms with E-state index in [1.165, 1.54) is 0 Å². The summed E-state index contributed by atoms with van der Waals surface area (Å²) in [4.78, 5) is 15.8. The normalized spacial score (nSPS) is 9.33. The van der Waals surface area contributed by atoms with Crippen molar-refractivity contribution in [3.8, 4) is 5.88 Å². The van der Waals surface area contributed by atoms with Gasteiger partial charge in [0.05, 0.1) is 6.07 Å². The Hall–Kier alpha value is -1.52. The number of anilines is 1. The van der Waals surface area contributed by atoms with E-state index in [0.717, 1.165) is 6.07 Å². The number of aromatic hydroxyl groups is 1. The molecule has 0 atom stereocenters. The number of nitrogens with two attached hydrogens (primary N) is 1. The zero-order valence-electron chi connectivity index (χ0n) is 4.46. The molecule has 0 aliphatic carbocycles. The molecule has 4 N–H and O–H groups in total. The summed E-state index contributed by atoms with van der Waals surface area (Å²) >= 11 is 0. The molecule has 0 bridgehead atoms. The lowest BCUT2D eigenvalue weighted by Gasteiger charge is -1.89. The summed E-state index contributed by atoms with van der Waals surface area (Å²) in [6.07, 6.45) is 0. The number of hydrogen-bond donors (Lipinski definition) is 3. The Morgan fingerprint density at radius 2 is 2.44 bits per heavy atom. The van der Waals surface area contributed by atoms with Crippen molar-refractivity contribution >= 4 is 5.95 Å². The molecule has 0 aromatic carbocycles.